The topological polar surface area (TPSA) is 20.3 Å². The molecule has 0 fully saturated rings. The van der Waals surface area contributed by atoms with Crippen molar-refractivity contribution in [2.24, 2.45) is 0 Å². The van der Waals surface area contributed by atoms with Gasteiger partial charge in [0, 0.05) is 22.3 Å². The first-order chi connectivity index (χ1) is 8.54. The van der Waals surface area contributed by atoms with Crippen LogP contribution < -0.4 is 0 Å². The summed E-state index contributed by atoms with van der Waals surface area (Å²) in [6, 6.07) is 6.09. The van der Waals surface area contributed by atoms with Crippen molar-refractivity contribution in [3.63, 3.8) is 0 Å². The van der Waals surface area contributed by atoms with Gasteiger partial charge in [0.2, 0.25) is 5.91 Å². The normalized spacial score (nSPS) is 20.0. The van der Waals surface area contributed by atoms with E-state index in [1.807, 2.05) is 26.0 Å². The highest BCUT2D eigenvalue weighted by molar-refractivity contribution is 9.10. The average molecular weight is 329 g/mol. The van der Waals surface area contributed by atoms with E-state index < -0.39 is 5.38 Å². The van der Waals surface area contributed by atoms with Crippen LogP contribution in [0.5, 0.6) is 0 Å². The Labute approximate surface area is 121 Å². The standard InChI is InChI=1S/C14H15BrClNO/c1-3-17-13(7-6-12(16)14(17)18)11-5-4-10(15)8-9(11)2/h4-5,7-8,12H,3,6H2,1-2H3. The highest BCUT2D eigenvalue weighted by Crippen LogP contribution is 2.30. The molecular weight excluding hydrogens is 314 g/mol. The molecule has 0 spiro atoms. The van der Waals surface area contributed by atoms with Gasteiger partial charge in [-0.1, -0.05) is 28.1 Å². The monoisotopic (exact) mass is 327 g/mol. The van der Waals surface area contributed by atoms with Crippen molar-refractivity contribution in [1.82, 2.24) is 4.90 Å². The zero-order valence-corrected chi connectivity index (χ0v) is 12.8. The zero-order chi connectivity index (χ0) is 13.3. The van der Waals surface area contributed by atoms with Gasteiger partial charge < -0.3 is 4.90 Å². The molecule has 0 aromatic heterocycles. The van der Waals surface area contributed by atoms with Crippen molar-refractivity contribution in [2.45, 2.75) is 25.6 Å². The van der Waals surface area contributed by atoms with Crippen LogP contribution in [0.1, 0.15) is 24.5 Å². The molecule has 1 aromatic rings. The first-order valence-corrected chi connectivity index (χ1v) is 7.19. The van der Waals surface area contributed by atoms with E-state index in [0.717, 1.165) is 21.3 Å². The van der Waals surface area contributed by atoms with Crippen LogP contribution in [-0.2, 0) is 4.79 Å². The summed E-state index contributed by atoms with van der Waals surface area (Å²) in [5, 5.41) is -0.426. The summed E-state index contributed by atoms with van der Waals surface area (Å²) in [6.07, 6.45) is 2.65. The van der Waals surface area contributed by atoms with E-state index in [1.54, 1.807) is 4.90 Å². The number of amides is 1. The molecule has 2 nitrogen and oxygen atoms in total. The molecule has 0 radical (unpaired) electrons. The van der Waals surface area contributed by atoms with Gasteiger partial charge in [-0.15, -0.1) is 11.6 Å². The molecule has 0 saturated carbocycles. The lowest BCUT2D eigenvalue weighted by atomic mass is 10.0. The van der Waals surface area contributed by atoms with Gasteiger partial charge in [0.15, 0.2) is 0 Å². The van der Waals surface area contributed by atoms with Crippen molar-refractivity contribution >= 4 is 39.1 Å². The number of hydrogen-bond acceptors (Lipinski definition) is 1. The Balaban J connectivity index is 2.45. The summed E-state index contributed by atoms with van der Waals surface area (Å²) in [4.78, 5) is 13.8. The van der Waals surface area contributed by atoms with Crippen molar-refractivity contribution in [3.8, 4) is 0 Å². The minimum atomic E-state index is -0.426. The number of aryl methyl sites for hydroxylation is 1. The number of carbonyl (C=O) groups is 1. The Hall–Kier alpha value is -0.800. The molecular formula is C14H15BrClNO. The van der Waals surface area contributed by atoms with Crippen molar-refractivity contribution in [3.05, 3.63) is 39.9 Å². The number of carbonyl (C=O) groups excluding carboxylic acids is 1. The largest absolute Gasteiger partial charge is 0.311 e. The Morgan fingerprint density at radius 3 is 2.83 bits per heavy atom. The van der Waals surface area contributed by atoms with Crippen LogP contribution in [0.3, 0.4) is 0 Å². The minimum Gasteiger partial charge on any atom is -0.311 e. The number of nitrogens with zero attached hydrogens (tertiary/aromatic N) is 1. The average Bonchev–Trinajstić information content (AvgIpc) is 2.33. The first-order valence-electron chi connectivity index (χ1n) is 5.96. The molecule has 4 heteroatoms. The van der Waals surface area contributed by atoms with Gasteiger partial charge in [-0.05, 0) is 38.0 Å². The molecule has 1 aliphatic rings. The zero-order valence-electron chi connectivity index (χ0n) is 10.4. The SMILES string of the molecule is CCN1C(=O)C(Cl)CC=C1c1ccc(Br)cc1C. The summed E-state index contributed by atoms with van der Waals surface area (Å²) in [6.45, 7) is 4.66. The van der Waals surface area contributed by atoms with Crippen LogP contribution in [0.2, 0.25) is 0 Å². The van der Waals surface area contributed by atoms with E-state index in [1.165, 1.54) is 0 Å². The molecule has 18 heavy (non-hydrogen) atoms. The van der Waals surface area contributed by atoms with Crippen LogP contribution in [-0.4, -0.2) is 22.7 Å². The first kappa shape index (κ1) is 13.6. The number of rotatable bonds is 2. The Kier molecular flexibility index (Phi) is 4.13. The van der Waals surface area contributed by atoms with Crippen LogP contribution in [0.15, 0.2) is 28.7 Å². The molecule has 96 valence electrons. The maximum absolute atomic E-state index is 12.1. The number of alkyl halides is 1. The number of halogens is 2. The summed E-state index contributed by atoms with van der Waals surface area (Å²) < 4.78 is 1.05. The van der Waals surface area contributed by atoms with E-state index in [9.17, 15) is 4.79 Å². The molecule has 1 amide bonds. The van der Waals surface area contributed by atoms with E-state index in [4.69, 9.17) is 11.6 Å². The summed E-state index contributed by atoms with van der Waals surface area (Å²) >= 11 is 9.47. The smallest absolute Gasteiger partial charge is 0.245 e. The van der Waals surface area contributed by atoms with Gasteiger partial charge >= 0.3 is 0 Å². The molecule has 1 atom stereocenters. The second-order valence-corrected chi connectivity index (χ2v) is 5.78. The summed E-state index contributed by atoms with van der Waals surface area (Å²) in [5.74, 6) is -0.000939. The molecule has 1 aromatic carbocycles. The van der Waals surface area contributed by atoms with Crippen molar-refractivity contribution in [2.75, 3.05) is 6.54 Å². The van der Waals surface area contributed by atoms with Gasteiger partial charge in [-0.2, -0.15) is 0 Å². The lowest BCUT2D eigenvalue weighted by Crippen LogP contribution is -2.38. The number of allylic oxidation sites excluding steroid dienone is 1. The third-order valence-electron chi connectivity index (χ3n) is 3.12. The van der Waals surface area contributed by atoms with E-state index >= 15 is 0 Å². The lowest BCUT2D eigenvalue weighted by molar-refractivity contribution is -0.127. The molecule has 0 bridgehead atoms. The van der Waals surface area contributed by atoms with Gasteiger partial charge in [-0.25, -0.2) is 0 Å². The van der Waals surface area contributed by atoms with E-state index in [2.05, 4.69) is 28.1 Å². The highest BCUT2D eigenvalue weighted by atomic mass is 79.9. The second kappa shape index (κ2) is 5.45. The third-order valence-corrected chi connectivity index (χ3v) is 3.98. The fraction of sp³-hybridized carbons (Fsp3) is 0.357. The second-order valence-electron chi connectivity index (χ2n) is 4.33. The summed E-state index contributed by atoms with van der Waals surface area (Å²) in [5.41, 5.74) is 3.22. The molecule has 2 rings (SSSR count). The fourth-order valence-corrected chi connectivity index (χ4v) is 2.89. The van der Waals surface area contributed by atoms with Crippen LogP contribution in [0.25, 0.3) is 5.70 Å². The highest BCUT2D eigenvalue weighted by Gasteiger charge is 2.28. The minimum absolute atomic E-state index is 0.000939. The Morgan fingerprint density at radius 1 is 1.50 bits per heavy atom. The Bertz CT molecular complexity index is 513. The predicted molar refractivity (Wildman–Crippen MR) is 78.5 cm³/mol. The maximum Gasteiger partial charge on any atom is 0.245 e. The van der Waals surface area contributed by atoms with Crippen LogP contribution >= 0.6 is 27.5 Å². The lowest BCUT2D eigenvalue weighted by Gasteiger charge is -2.31. The van der Waals surface area contributed by atoms with Crippen LogP contribution in [0.4, 0.5) is 0 Å². The van der Waals surface area contributed by atoms with Gasteiger partial charge in [-0.3, -0.25) is 4.79 Å². The molecule has 0 saturated heterocycles. The molecule has 1 aliphatic heterocycles. The van der Waals surface area contributed by atoms with E-state index in [0.29, 0.717) is 13.0 Å². The summed E-state index contributed by atoms with van der Waals surface area (Å²) in [7, 11) is 0. The Morgan fingerprint density at radius 2 is 2.22 bits per heavy atom. The maximum atomic E-state index is 12.1. The van der Waals surface area contributed by atoms with Gasteiger partial charge in [0.05, 0.1) is 0 Å². The van der Waals surface area contributed by atoms with E-state index in [-0.39, 0.29) is 5.91 Å². The van der Waals surface area contributed by atoms with Crippen LogP contribution in [0, 0.1) is 6.92 Å². The predicted octanol–water partition coefficient (Wildman–Crippen LogP) is 3.96. The number of benzene rings is 1. The molecule has 1 unspecified atom stereocenters. The van der Waals surface area contributed by atoms with Gasteiger partial charge in [0.1, 0.15) is 5.38 Å². The fourth-order valence-electron chi connectivity index (χ4n) is 2.21. The van der Waals surface area contributed by atoms with Gasteiger partial charge in [0.25, 0.3) is 0 Å². The van der Waals surface area contributed by atoms with Crippen molar-refractivity contribution in [1.29, 1.82) is 0 Å². The third kappa shape index (κ3) is 2.47. The quantitative estimate of drug-likeness (QED) is 0.753. The molecule has 0 aliphatic carbocycles. The number of hydrogen-bond donors (Lipinski definition) is 0. The molecule has 0 N–H and O–H groups in total. The molecule has 1 heterocycles. The van der Waals surface area contributed by atoms with Crippen molar-refractivity contribution < 1.29 is 4.79 Å².